The van der Waals surface area contributed by atoms with Crippen LogP contribution in [0, 0.1) is 17.0 Å². The number of hydrogen-bond donors (Lipinski definition) is 0. The summed E-state index contributed by atoms with van der Waals surface area (Å²) in [6.45, 7) is 5.10. The summed E-state index contributed by atoms with van der Waals surface area (Å²) >= 11 is 6.06. The number of anilines is 1. The van der Waals surface area contributed by atoms with Crippen LogP contribution in [-0.4, -0.2) is 21.4 Å². The first-order valence-corrected chi connectivity index (χ1v) is 9.38. The van der Waals surface area contributed by atoms with Crippen LogP contribution in [0.2, 0.25) is 5.15 Å². The zero-order valence-corrected chi connectivity index (χ0v) is 16.1. The van der Waals surface area contributed by atoms with E-state index in [0.717, 1.165) is 18.4 Å². The van der Waals surface area contributed by atoms with Gasteiger partial charge in [-0.1, -0.05) is 74.5 Å². The monoisotopic (exact) mass is 376 g/mol. The van der Waals surface area contributed by atoms with Crippen molar-refractivity contribution in [1.82, 2.24) is 9.97 Å². The van der Waals surface area contributed by atoms with Crippen molar-refractivity contribution < 1.29 is 4.92 Å². The number of nitro groups is 1. The lowest BCUT2D eigenvalue weighted by molar-refractivity contribution is -0.384. The predicted molar refractivity (Wildman–Crippen MR) is 105 cm³/mol. The topological polar surface area (TPSA) is 72.2 Å². The molecule has 0 fully saturated rings. The van der Waals surface area contributed by atoms with Gasteiger partial charge in [0.15, 0.2) is 0 Å². The summed E-state index contributed by atoms with van der Waals surface area (Å²) < 4.78 is 0. The van der Waals surface area contributed by atoms with Gasteiger partial charge in [-0.2, -0.15) is 0 Å². The van der Waals surface area contributed by atoms with Gasteiger partial charge in [-0.05, 0) is 18.9 Å². The van der Waals surface area contributed by atoms with Gasteiger partial charge in [0.2, 0.25) is 11.0 Å². The van der Waals surface area contributed by atoms with Gasteiger partial charge in [0.05, 0.1) is 4.92 Å². The van der Waals surface area contributed by atoms with E-state index in [1.54, 1.807) is 6.92 Å². The van der Waals surface area contributed by atoms with Gasteiger partial charge in [-0.15, -0.1) is 0 Å². The number of hydrogen-bond acceptors (Lipinski definition) is 5. The van der Waals surface area contributed by atoms with Crippen molar-refractivity contribution in [3.63, 3.8) is 0 Å². The molecule has 0 aliphatic carbocycles. The van der Waals surface area contributed by atoms with Crippen molar-refractivity contribution in [2.45, 2.75) is 52.5 Å². The average molecular weight is 377 g/mol. The quantitative estimate of drug-likeness (QED) is 0.243. The lowest BCUT2D eigenvalue weighted by atomic mass is 10.1. The zero-order chi connectivity index (χ0) is 18.9. The van der Waals surface area contributed by atoms with E-state index in [4.69, 9.17) is 11.6 Å². The van der Waals surface area contributed by atoms with Crippen LogP contribution in [0.25, 0.3) is 0 Å². The molecule has 7 heteroatoms. The molecule has 1 aromatic heterocycles. The molecule has 0 saturated carbocycles. The minimum atomic E-state index is -0.494. The Labute approximate surface area is 159 Å². The second-order valence-electron chi connectivity index (χ2n) is 6.31. The minimum absolute atomic E-state index is 0.110. The van der Waals surface area contributed by atoms with E-state index in [9.17, 15) is 10.1 Å². The molecule has 140 valence electrons. The molecular formula is C19H25ClN4O2. The standard InChI is InChI=1S/C19H25ClN4O2/c1-3-4-5-6-10-13-23(14-16-11-8-7-9-12-16)19-17(24(25)26)18(20)21-15(2)22-19/h7-9,11-12H,3-6,10,13-14H2,1-2H3. The minimum Gasteiger partial charge on any atom is -0.346 e. The van der Waals surface area contributed by atoms with Crippen LogP contribution >= 0.6 is 11.6 Å². The van der Waals surface area contributed by atoms with Gasteiger partial charge >= 0.3 is 5.69 Å². The molecule has 0 bridgehead atoms. The summed E-state index contributed by atoms with van der Waals surface area (Å²) in [5.41, 5.74) is 0.851. The van der Waals surface area contributed by atoms with E-state index in [0.29, 0.717) is 24.7 Å². The first-order chi connectivity index (χ1) is 12.5. The van der Waals surface area contributed by atoms with Gasteiger partial charge in [-0.25, -0.2) is 9.97 Å². The number of aryl methyl sites for hydroxylation is 1. The molecule has 2 aromatic rings. The summed E-state index contributed by atoms with van der Waals surface area (Å²) in [4.78, 5) is 21.3. The molecule has 26 heavy (non-hydrogen) atoms. The average Bonchev–Trinajstić information content (AvgIpc) is 2.60. The van der Waals surface area contributed by atoms with Crippen molar-refractivity contribution in [3.05, 3.63) is 57.0 Å². The maximum absolute atomic E-state index is 11.5. The number of rotatable bonds is 10. The van der Waals surface area contributed by atoms with Crippen LogP contribution in [0.1, 0.15) is 50.4 Å². The SMILES string of the molecule is CCCCCCCN(Cc1ccccc1)c1nc(C)nc(Cl)c1[N+](=O)[O-]. The Morgan fingerprint density at radius 3 is 2.46 bits per heavy atom. The van der Waals surface area contributed by atoms with Crippen LogP contribution in [0.5, 0.6) is 0 Å². The van der Waals surface area contributed by atoms with Crippen LogP contribution < -0.4 is 4.90 Å². The van der Waals surface area contributed by atoms with E-state index >= 15 is 0 Å². The van der Waals surface area contributed by atoms with Gasteiger partial charge in [0, 0.05) is 13.1 Å². The van der Waals surface area contributed by atoms with Crippen LogP contribution in [0.3, 0.4) is 0 Å². The Morgan fingerprint density at radius 1 is 1.12 bits per heavy atom. The number of benzene rings is 1. The molecule has 1 heterocycles. The van der Waals surface area contributed by atoms with E-state index in [-0.39, 0.29) is 10.8 Å². The molecule has 1 aromatic carbocycles. The van der Waals surface area contributed by atoms with E-state index < -0.39 is 4.92 Å². The highest BCUT2D eigenvalue weighted by atomic mass is 35.5. The molecule has 0 saturated heterocycles. The molecule has 0 N–H and O–H groups in total. The Kier molecular flexibility index (Phi) is 7.78. The highest BCUT2D eigenvalue weighted by Crippen LogP contribution is 2.33. The van der Waals surface area contributed by atoms with Crippen molar-refractivity contribution in [2.75, 3.05) is 11.4 Å². The Balaban J connectivity index is 2.29. The third kappa shape index (κ3) is 5.66. The fourth-order valence-electron chi connectivity index (χ4n) is 2.87. The summed E-state index contributed by atoms with van der Waals surface area (Å²) in [7, 11) is 0. The molecule has 0 spiro atoms. The molecular weight excluding hydrogens is 352 g/mol. The third-order valence-corrected chi connectivity index (χ3v) is 4.43. The normalized spacial score (nSPS) is 10.7. The van der Waals surface area contributed by atoms with Gasteiger partial charge in [0.1, 0.15) is 5.82 Å². The molecule has 0 unspecified atom stereocenters. The van der Waals surface area contributed by atoms with Crippen molar-refractivity contribution >= 4 is 23.1 Å². The second kappa shape index (κ2) is 10.1. The van der Waals surface area contributed by atoms with Crippen LogP contribution in [-0.2, 0) is 6.54 Å². The highest BCUT2D eigenvalue weighted by molar-refractivity contribution is 6.31. The van der Waals surface area contributed by atoms with Crippen molar-refractivity contribution in [2.24, 2.45) is 0 Å². The van der Waals surface area contributed by atoms with Gasteiger partial charge in [0.25, 0.3) is 0 Å². The maximum Gasteiger partial charge on any atom is 0.348 e. The van der Waals surface area contributed by atoms with E-state index in [1.807, 2.05) is 35.2 Å². The second-order valence-corrected chi connectivity index (χ2v) is 6.67. The lowest BCUT2D eigenvalue weighted by Gasteiger charge is -2.24. The van der Waals surface area contributed by atoms with Crippen molar-refractivity contribution in [1.29, 1.82) is 0 Å². The summed E-state index contributed by atoms with van der Waals surface area (Å²) in [6.07, 6.45) is 5.59. The number of nitrogens with zero attached hydrogens (tertiary/aromatic N) is 4. The van der Waals surface area contributed by atoms with Gasteiger partial charge < -0.3 is 4.90 Å². The molecule has 0 aliphatic heterocycles. The molecule has 6 nitrogen and oxygen atoms in total. The fourth-order valence-corrected chi connectivity index (χ4v) is 3.14. The summed E-state index contributed by atoms with van der Waals surface area (Å²) in [5.74, 6) is 0.728. The first kappa shape index (κ1) is 20.1. The predicted octanol–water partition coefficient (Wildman–Crippen LogP) is 5.32. The molecule has 0 atom stereocenters. The van der Waals surface area contributed by atoms with E-state index in [2.05, 4.69) is 16.9 Å². The number of unbranched alkanes of at least 4 members (excludes halogenated alkanes) is 4. The van der Waals surface area contributed by atoms with Crippen molar-refractivity contribution in [3.8, 4) is 0 Å². The first-order valence-electron chi connectivity index (χ1n) is 9.00. The Hall–Kier alpha value is -2.21. The molecule has 2 rings (SSSR count). The highest BCUT2D eigenvalue weighted by Gasteiger charge is 2.27. The largest absolute Gasteiger partial charge is 0.348 e. The summed E-state index contributed by atoms with van der Waals surface area (Å²) in [6, 6.07) is 9.88. The smallest absolute Gasteiger partial charge is 0.346 e. The number of aromatic nitrogens is 2. The third-order valence-electron chi connectivity index (χ3n) is 4.16. The Bertz CT molecular complexity index is 725. The lowest BCUT2D eigenvalue weighted by Crippen LogP contribution is -2.26. The van der Waals surface area contributed by atoms with E-state index in [1.165, 1.54) is 19.3 Å². The maximum atomic E-state index is 11.5. The van der Waals surface area contributed by atoms with Gasteiger partial charge in [-0.3, -0.25) is 10.1 Å². The zero-order valence-electron chi connectivity index (χ0n) is 15.3. The summed E-state index contributed by atoms with van der Waals surface area (Å²) in [5, 5.41) is 11.4. The number of halogens is 1. The Morgan fingerprint density at radius 2 is 1.81 bits per heavy atom. The fraction of sp³-hybridized carbons (Fsp3) is 0.474. The molecule has 0 radical (unpaired) electrons. The molecule has 0 amide bonds. The molecule has 0 aliphatic rings. The van der Waals surface area contributed by atoms with Crippen LogP contribution in [0.4, 0.5) is 11.5 Å². The van der Waals surface area contributed by atoms with Crippen LogP contribution in [0.15, 0.2) is 30.3 Å².